The molecule has 1 aliphatic rings. The average Bonchev–Trinajstić information content (AvgIpc) is 3.26. The molecule has 15 heteroatoms. The molecule has 0 aromatic carbocycles. The Balaban J connectivity index is 2.13. The van der Waals surface area contributed by atoms with Crippen molar-refractivity contribution >= 4 is 29.0 Å². The number of halogens is 6. The van der Waals surface area contributed by atoms with E-state index in [1.807, 2.05) is 5.32 Å². The van der Waals surface area contributed by atoms with E-state index in [4.69, 9.17) is 0 Å². The van der Waals surface area contributed by atoms with E-state index in [-0.39, 0.29) is 28.2 Å². The van der Waals surface area contributed by atoms with Crippen LogP contribution in [0.1, 0.15) is 72.8 Å². The number of anilines is 1. The quantitative estimate of drug-likeness (QED) is 0.393. The summed E-state index contributed by atoms with van der Waals surface area (Å²) in [5.74, 6) is -2.15. The Hall–Kier alpha value is -2.94. The van der Waals surface area contributed by atoms with Crippen LogP contribution in [-0.2, 0) is 6.18 Å². The molecule has 216 valence electrons. The fraction of sp³-hybridized carbons (Fsp3) is 0.583. The summed E-state index contributed by atoms with van der Waals surface area (Å²) in [6.45, 7) is 5.56. The largest absolute Gasteiger partial charge is 0.417 e. The molecule has 0 unspecified atom stereocenters. The number of amides is 2. The lowest BCUT2D eigenvalue weighted by molar-refractivity contribution is -0.138. The first-order valence-electron chi connectivity index (χ1n) is 12.1. The fourth-order valence-corrected chi connectivity index (χ4v) is 4.90. The lowest BCUT2D eigenvalue weighted by Gasteiger charge is -2.33. The van der Waals surface area contributed by atoms with Crippen LogP contribution in [-0.4, -0.2) is 68.7 Å². The first-order valence-corrected chi connectivity index (χ1v) is 12.9. The van der Waals surface area contributed by atoms with Crippen LogP contribution in [0, 0.1) is 0 Å². The highest BCUT2D eigenvalue weighted by atomic mass is 32.1. The number of rotatable bonds is 7. The van der Waals surface area contributed by atoms with Gasteiger partial charge in [0.25, 0.3) is 11.8 Å². The molecule has 3 heterocycles. The smallest absolute Gasteiger partial charge is 0.389 e. The molecule has 2 atom stereocenters. The summed E-state index contributed by atoms with van der Waals surface area (Å²) in [5, 5.41) is 13.9. The number of hydrogen-bond acceptors (Lipinski definition) is 7. The number of piperidine rings is 1. The minimum Gasteiger partial charge on any atom is -0.389 e. The standard InChI is InChI=1S/C24H29F6N5O3S/c1-12-7-5-6-8-35(12)21(37)17-18(39-20(34-17)19(36)32-11-22(3,4)38)14-10-31-16(9-15(14)24(28,29)30)33-13(2)23(25,26)27/h9-10,12-13,38H,5-8,11H2,1-4H3,(H,31,33)(H,32,36)/t12-,13+/m0/s1. The monoisotopic (exact) mass is 581 g/mol. The van der Waals surface area contributed by atoms with E-state index < -0.39 is 52.8 Å². The Morgan fingerprint density at radius 2 is 1.87 bits per heavy atom. The second-order valence-corrected chi connectivity index (χ2v) is 11.1. The second kappa shape index (κ2) is 11.3. The predicted octanol–water partition coefficient (Wildman–Crippen LogP) is 5.10. The number of nitrogens with one attached hydrogen (secondary N) is 2. The number of hydrogen-bond donors (Lipinski definition) is 3. The Bertz CT molecular complexity index is 1210. The third-order valence-corrected chi connectivity index (χ3v) is 7.17. The number of aromatic nitrogens is 2. The van der Waals surface area contributed by atoms with Crippen LogP contribution in [0.4, 0.5) is 32.2 Å². The van der Waals surface area contributed by atoms with Crippen molar-refractivity contribution < 1.29 is 41.0 Å². The van der Waals surface area contributed by atoms with Crippen molar-refractivity contribution in [2.75, 3.05) is 18.4 Å². The minimum absolute atomic E-state index is 0.194. The number of nitrogens with zero attached hydrogens (tertiary/aromatic N) is 3. The van der Waals surface area contributed by atoms with Crippen molar-refractivity contribution in [3.63, 3.8) is 0 Å². The third-order valence-electron chi connectivity index (χ3n) is 6.08. The zero-order valence-corrected chi connectivity index (χ0v) is 22.4. The maximum atomic E-state index is 14.2. The summed E-state index contributed by atoms with van der Waals surface area (Å²) < 4.78 is 81.4. The summed E-state index contributed by atoms with van der Waals surface area (Å²) in [5.41, 5.74) is -3.62. The van der Waals surface area contributed by atoms with Crippen molar-refractivity contribution in [2.24, 2.45) is 0 Å². The molecule has 0 spiro atoms. The van der Waals surface area contributed by atoms with Gasteiger partial charge in [-0.05, 0) is 53.0 Å². The SMILES string of the molecule is C[C@H]1CCCCN1C(=O)c1nc(C(=O)NCC(C)(C)O)sc1-c1cnc(N[C@H](C)C(F)(F)F)cc1C(F)(F)F. The van der Waals surface area contributed by atoms with Crippen molar-refractivity contribution in [3.8, 4) is 10.4 Å². The number of thiazole rings is 1. The van der Waals surface area contributed by atoms with Gasteiger partial charge in [-0.25, -0.2) is 9.97 Å². The molecule has 39 heavy (non-hydrogen) atoms. The van der Waals surface area contributed by atoms with Gasteiger partial charge in [-0.2, -0.15) is 26.3 Å². The molecule has 2 aromatic rings. The summed E-state index contributed by atoms with van der Waals surface area (Å²) in [6, 6.07) is -1.96. The van der Waals surface area contributed by atoms with E-state index in [0.717, 1.165) is 19.5 Å². The molecule has 0 saturated carbocycles. The van der Waals surface area contributed by atoms with E-state index in [1.165, 1.54) is 18.7 Å². The molecule has 0 aliphatic carbocycles. The van der Waals surface area contributed by atoms with E-state index in [1.54, 1.807) is 6.92 Å². The Labute approximate surface area is 224 Å². The second-order valence-electron chi connectivity index (χ2n) is 10.1. The highest BCUT2D eigenvalue weighted by Gasteiger charge is 2.40. The molecule has 1 aliphatic heterocycles. The van der Waals surface area contributed by atoms with Gasteiger partial charge in [0.2, 0.25) is 0 Å². The molecule has 1 fully saturated rings. The molecule has 3 N–H and O–H groups in total. The summed E-state index contributed by atoms with van der Waals surface area (Å²) in [6.07, 6.45) is -6.82. The maximum absolute atomic E-state index is 14.2. The van der Waals surface area contributed by atoms with Crippen LogP contribution in [0.15, 0.2) is 12.3 Å². The molecular weight excluding hydrogens is 552 g/mol. The normalized spacial score (nSPS) is 17.6. The van der Waals surface area contributed by atoms with Crippen molar-refractivity contribution in [3.05, 3.63) is 28.5 Å². The van der Waals surface area contributed by atoms with Crippen molar-refractivity contribution in [1.29, 1.82) is 0 Å². The van der Waals surface area contributed by atoms with E-state index >= 15 is 0 Å². The van der Waals surface area contributed by atoms with Crippen LogP contribution in [0.25, 0.3) is 10.4 Å². The van der Waals surface area contributed by atoms with Gasteiger partial charge in [0.15, 0.2) is 5.01 Å². The van der Waals surface area contributed by atoms with Gasteiger partial charge in [-0.3, -0.25) is 9.59 Å². The van der Waals surface area contributed by atoms with Gasteiger partial charge in [-0.1, -0.05) is 0 Å². The highest BCUT2D eigenvalue weighted by molar-refractivity contribution is 7.17. The lowest BCUT2D eigenvalue weighted by atomic mass is 10.0. The first kappa shape index (κ1) is 30.6. The summed E-state index contributed by atoms with van der Waals surface area (Å²) in [7, 11) is 0. The predicted molar refractivity (Wildman–Crippen MR) is 132 cm³/mol. The number of pyridine rings is 1. The van der Waals surface area contributed by atoms with E-state index in [0.29, 0.717) is 36.8 Å². The van der Waals surface area contributed by atoms with Gasteiger partial charge in [0.1, 0.15) is 17.6 Å². The van der Waals surface area contributed by atoms with Gasteiger partial charge in [0.05, 0.1) is 16.0 Å². The maximum Gasteiger partial charge on any atom is 0.417 e. The number of aliphatic hydroxyl groups is 1. The number of likely N-dealkylation sites (tertiary alicyclic amines) is 1. The third kappa shape index (κ3) is 7.59. The fourth-order valence-electron chi connectivity index (χ4n) is 3.91. The number of carbonyl (C=O) groups is 2. The van der Waals surface area contributed by atoms with Gasteiger partial charge in [-0.15, -0.1) is 11.3 Å². The Kier molecular flexibility index (Phi) is 8.85. The van der Waals surface area contributed by atoms with E-state index in [2.05, 4.69) is 15.3 Å². The Morgan fingerprint density at radius 3 is 2.44 bits per heavy atom. The summed E-state index contributed by atoms with van der Waals surface area (Å²) in [4.78, 5) is 35.3. The summed E-state index contributed by atoms with van der Waals surface area (Å²) >= 11 is 0.526. The average molecular weight is 582 g/mol. The van der Waals surface area contributed by atoms with Crippen molar-refractivity contribution in [1.82, 2.24) is 20.2 Å². The van der Waals surface area contributed by atoms with Crippen LogP contribution in [0.2, 0.25) is 0 Å². The molecule has 8 nitrogen and oxygen atoms in total. The van der Waals surface area contributed by atoms with Crippen LogP contribution in [0.5, 0.6) is 0 Å². The zero-order chi connectivity index (χ0) is 29.3. The lowest BCUT2D eigenvalue weighted by Crippen LogP contribution is -2.42. The molecular formula is C24H29F6N5O3S. The molecule has 2 aromatic heterocycles. The molecule has 0 bridgehead atoms. The number of alkyl halides is 6. The zero-order valence-electron chi connectivity index (χ0n) is 21.6. The molecule has 2 amide bonds. The Morgan fingerprint density at radius 1 is 1.21 bits per heavy atom. The van der Waals surface area contributed by atoms with Gasteiger partial charge >= 0.3 is 12.4 Å². The minimum atomic E-state index is -5.04. The first-order chi connectivity index (χ1) is 17.9. The highest BCUT2D eigenvalue weighted by Crippen LogP contribution is 2.42. The van der Waals surface area contributed by atoms with E-state index in [9.17, 15) is 41.0 Å². The van der Waals surface area contributed by atoms with Gasteiger partial charge in [0, 0.05) is 30.9 Å². The molecule has 0 radical (unpaired) electrons. The number of carbonyl (C=O) groups excluding carboxylic acids is 2. The van der Waals surface area contributed by atoms with Crippen LogP contribution in [0.3, 0.4) is 0 Å². The van der Waals surface area contributed by atoms with Gasteiger partial charge < -0.3 is 20.6 Å². The van der Waals surface area contributed by atoms with Crippen molar-refractivity contribution in [2.45, 2.75) is 77.0 Å². The van der Waals surface area contributed by atoms with Crippen LogP contribution >= 0.6 is 11.3 Å². The van der Waals surface area contributed by atoms with Crippen LogP contribution < -0.4 is 10.6 Å². The topological polar surface area (TPSA) is 107 Å². The molecule has 3 rings (SSSR count). The molecule has 1 saturated heterocycles.